The zero-order valence-corrected chi connectivity index (χ0v) is 21.2. The largest absolute Gasteiger partial charge is 0.464 e. The molecule has 1 amide bonds. The van der Waals surface area contributed by atoms with Crippen molar-refractivity contribution in [1.29, 1.82) is 5.26 Å². The van der Waals surface area contributed by atoms with Crippen LogP contribution in [0.4, 0.5) is 4.79 Å². The number of sulfonamides is 1. The summed E-state index contributed by atoms with van der Waals surface area (Å²) in [6.07, 6.45) is 4.10. The van der Waals surface area contributed by atoms with Gasteiger partial charge in [0.2, 0.25) is 10.0 Å². The first kappa shape index (κ1) is 24.4. The molecule has 1 aliphatic carbocycles. The number of nitrogens with zero attached hydrogens (tertiary/aromatic N) is 5. The van der Waals surface area contributed by atoms with E-state index in [0.717, 1.165) is 41.4 Å². The Hall–Kier alpha value is -2.71. The fourth-order valence-corrected chi connectivity index (χ4v) is 7.50. The van der Waals surface area contributed by atoms with Crippen LogP contribution in [0.5, 0.6) is 0 Å². The lowest BCUT2D eigenvalue weighted by molar-refractivity contribution is 0.168. The van der Waals surface area contributed by atoms with E-state index in [-0.39, 0.29) is 18.3 Å². The molecule has 0 aliphatic heterocycles. The number of carboxylic acid groups (broad SMARTS) is 1. The van der Waals surface area contributed by atoms with Crippen molar-refractivity contribution in [3.05, 3.63) is 23.5 Å². The average molecular weight is 504 g/mol. The van der Waals surface area contributed by atoms with Gasteiger partial charge in [-0.2, -0.15) is 9.57 Å². The number of pyridine rings is 1. The summed E-state index contributed by atoms with van der Waals surface area (Å²) in [7, 11) is -4.08. The number of nitriles is 1. The van der Waals surface area contributed by atoms with Crippen LogP contribution in [-0.4, -0.2) is 44.2 Å². The van der Waals surface area contributed by atoms with E-state index in [9.17, 15) is 18.3 Å². The maximum Gasteiger partial charge on any atom is 0.421 e. The average Bonchev–Trinajstić information content (AvgIpc) is 3.34. The number of carbonyl (C=O) groups is 1. The molecule has 3 aromatic heterocycles. The van der Waals surface area contributed by atoms with E-state index >= 15 is 0 Å². The first-order valence-corrected chi connectivity index (χ1v) is 13.8. The lowest BCUT2D eigenvalue weighted by atomic mass is 9.84. The van der Waals surface area contributed by atoms with Crippen LogP contribution in [0.2, 0.25) is 0 Å². The molecule has 1 saturated carbocycles. The van der Waals surface area contributed by atoms with Crippen molar-refractivity contribution in [3.8, 4) is 6.07 Å². The van der Waals surface area contributed by atoms with Crippen molar-refractivity contribution in [3.63, 3.8) is 0 Å². The minimum atomic E-state index is -4.08. The highest BCUT2D eigenvalue weighted by Gasteiger charge is 2.35. The highest BCUT2D eigenvalue weighted by Crippen LogP contribution is 2.39. The van der Waals surface area contributed by atoms with Crippen molar-refractivity contribution in [2.24, 2.45) is 11.3 Å². The third kappa shape index (κ3) is 4.88. The summed E-state index contributed by atoms with van der Waals surface area (Å²) in [5.74, 6) is 0.467. The van der Waals surface area contributed by atoms with E-state index in [0.29, 0.717) is 28.0 Å². The fourth-order valence-electron chi connectivity index (χ4n) is 4.81. The van der Waals surface area contributed by atoms with Crippen LogP contribution >= 0.6 is 11.3 Å². The Balaban J connectivity index is 1.80. The molecule has 4 rings (SSSR count). The Morgan fingerprint density at radius 3 is 2.62 bits per heavy atom. The molecule has 0 aromatic carbocycles. The Kier molecular flexibility index (Phi) is 6.57. The van der Waals surface area contributed by atoms with Gasteiger partial charge >= 0.3 is 6.09 Å². The summed E-state index contributed by atoms with van der Waals surface area (Å²) >= 11 is 1.54. The molecule has 1 N–H and O–H groups in total. The van der Waals surface area contributed by atoms with Crippen molar-refractivity contribution >= 4 is 48.7 Å². The monoisotopic (exact) mass is 503 g/mol. The van der Waals surface area contributed by atoms with Crippen molar-refractivity contribution < 1.29 is 18.3 Å². The summed E-state index contributed by atoms with van der Waals surface area (Å²) in [5.41, 5.74) is 1.73. The molecule has 0 radical (unpaired) electrons. The summed E-state index contributed by atoms with van der Waals surface area (Å²) in [6.45, 7) is 4.93. The molecular formula is C23H29N5O4S2. The smallest absolute Gasteiger partial charge is 0.421 e. The standard InChI is InChI=1S/C23H29N5O4S2/c1-23(2,3)14-34(31,32)27(22(29)30)13-19-26-18-12-25-17-9-11-33-21(17)20(18)28(19)16-6-4-15(5-7-16)8-10-24/h9,11-12,15-16H,4-8,13-14H2,1-3H3,(H,29,30). The van der Waals surface area contributed by atoms with Gasteiger partial charge in [0, 0.05) is 12.5 Å². The Bertz CT molecular complexity index is 1360. The van der Waals surface area contributed by atoms with Gasteiger partial charge < -0.3 is 9.67 Å². The second-order valence-electron chi connectivity index (χ2n) is 10.2. The molecule has 9 nitrogen and oxygen atoms in total. The highest BCUT2D eigenvalue weighted by molar-refractivity contribution is 7.89. The fraction of sp³-hybridized carbons (Fsp3) is 0.565. The van der Waals surface area contributed by atoms with Crippen LogP contribution < -0.4 is 0 Å². The van der Waals surface area contributed by atoms with Crippen LogP contribution in [0, 0.1) is 22.7 Å². The van der Waals surface area contributed by atoms with Gasteiger partial charge in [-0.25, -0.2) is 18.2 Å². The minimum Gasteiger partial charge on any atom is -0.464 e. The van der Waals surface area contributed by atoms with Gasteiger partial charge in [-0.1, -0.05) is 20.8 Å². The maximum atomic E-state index is 13.0. The van der Waals surface area contributed by atoms with Gasteiger partial charge in [0.25, 0.3) is 0 Å². The number of aromatic nitrogens is 3. The Labute approximate surface area is 203 Å². The topological polar surface area (TPSA) is 129 Å². The predicted octanol–water partition coefficient (Wildman–Crippen LogP) is 5.15. The predicted molar refractivity (Wildman–Crippen MR) is 131 cm³/mol. The second-order valence-corrected chi connectivity index (χ2v) is 13.0. The van der Waals surface area contributed by atoms with Crippen LogP contribution in [0.15, 0.2) is 17.6 Å². The zero-order chi connectivity index (χ0) is 24.7. The number of amides is 1. The molecule has 0 bridgehead atoms. The summed E-state index contributed by atoms with van der Waals surface area (Å²) < 4.78 is 29.6. The number of thiophene rings is 1. The number of fused-ring (bicyclic) bond motifs is 3. The van der Waals surface area contributed by atoms with Gasteiger partial charge in [-0.3, -0.25) is 4.98 Å². The van der Waals surface area contributed by atoms with E-state index in [1.54, 1.807) is 38.3 Å². The lowest BCUT2D eigenvalue weighted by Gasteiger charge is -2.31. The number of hydrogen-bond acceptors (Lipinski definition) is 7. The van der Waals surface area contributed by atoms with Gasteiger partial charge in [-0.15, -0.1) is 11.3 Å². The van der Waals surface area contributed by atoms with Crippen molar-refractivity contribution in [2.45, 2.75) is 65.5 Å². The molecule has 11 heteroatoms. The van der Waals surface area contributed by atoms with Gasteiger partial charge in [0.15, 0.2) is 0 Å². The minimum absolute atomic E-state index is 0.0450. The number of hydrogen-bond donors (Lipinski definition) is 1. The molecule has 0 unspecified atom stereocenters. The van der Waals surface area contributed by atoms with Crippen LogP contribution in [0.25, 0.3) is 21.3 Å². The summed E-state index contributed by atoms with van der Waals surface area (Å²) in [4.78, 5) is 21.3. The van der Waals surface area contributed by atoms with E-state index in [2.05, 4.69) is 11.1 Å². The SMILES string of the molecule is CC(C)(C)CS(=O)(=O)N(Cc1nc2cnc3ccsc3c2n1C1CCC(CC#N)CC1)C(=O)O. The van der Waals surface area contributed by atoms with Crippen molar-refractivity contribution in [1.82, 2.24) is 18.8 Å². The van der Waals surface area contributed by atoms with E-state index < -0.39 is 21.5 Å². The highest BCUT2D eigenvalue weighted by atomic mass is 32.2. The lowest BCUT2D eigenvalue weighted by Crippen LogP contribution is -2.40. The van der Waals surface area contributed by atoms with Crippen molar-refractivity contribution in [2.75, 3.05) is 5.75 Å². The third-order valence-electron chi connectivity index (χ3n) is 6.21. The van der Waals surface area contributed by atoms with Crippen LogP contribution in [0.3, 0.4) is 0 Å². The van der Waals surface area contributed by atoms with E-state index in [4.69, 9.17) is 10.2 Å². The quantitative estimate of drug-likeness (QED) is 0.492. The summed E-state index contributed by atoms with van der Waals surface area (Å²) in [6, 6.07) is 4.23. The zero-order valence-electron chi connectivity index (χ0n) is 19.6. The Morgan fingerprint density at radius 2 is 2.00 bits per heavy atom. The normalized spacial score (nSPS) is 19.4. The molecule has 182 valence electrons. The second kappa shape index (κ2) is 9.15. The molecule has 1 fully saturated rings. The molecule has 3 aromatic rings. The van der Waals surface area contributed by atoms with Crippen LogP contribution in [0.1, 0.15) is 64.7 Å². The number of rotatable bonds is 6. The first-order valence-electron chi connectivity index (χ1n) is 11.3. The molecule has 1 aliphatic rings. The number of imidazole rings is 1. The first-order chi connectivity index (χ1) is 16.0. The molecular weight excluding hydrogens is 474 g/mol. The maximum absolute atomic E-state index is 13.0. The molecule has 0 atom stereocenters. The summed E-state index contributed by atoms with van der Waals surface area (Å²) in [5, 5.41) is 20.9. The van der Waals surface area contributed by atoms with E-state index in [1.807, 2.05) is 16.0 Å². The molecule has 3 heterocycles. The Morgan fingerprint density at radius 1 is 1.29 bits per heavy atom. The van der Waals surface area contributed by atoms with Crippen LogP contribution in [-0.2, 0) is 16.6 Å². The van der Waals surface area contributed by atoms with Gasteiger partial charge in [0.05, 0.1) is 40.3 Å². The third-order valence-corrected chi connectivity index (χ3v) is 9.31. The molecule has 34 heavy (non-hydrogen) atoms. The van der Waals surface area contributed by atoms with E-state index in [1.165, 1.54) is 0 Å². The molecule has 0 saturated heterocycles. The molecule has 0 spiro atoms. The van der Waals surface area contributed by atoms with Gasteiger partial charge in [0.1, 0.15) is 11.3 Å². The van der Waals surface area contributed by atoms with Gasteiger partial charge in [-0.05, 0) is 48.5 Å².